The van der Waals surface area contributed by atoms with Crippen LogP contribution in [0.15, 0.2) is 48.2 Å². The van der Waals surface area contributed by atoms with Gasteiger partial charge in [-0.1, -0.05) is 37.3 Å². The molecule has 0 amide bonds. The number of nitrogens with two attached hydrogens (primary N) is 2. The van der Waals surface area contributed by atoms with Gasteiger partial charge in [-0.05, 0) is 55.7 Å². The van der Waals surface area contributed by atoms with E-state index in [9.17, 15) is 0 Å². The minimum Gasteiger partial charge on any atom is -0.405 e. The Bertz CT molecular complexity index is 442. The lowest BCUT2D eigenvalue weighted by atomic mass is 9.84. The predicted octanol–water partition coefficient (Wildman–Crippen LogP) is 3.06. The first-order valence-corrected chi connectivity index (χ1v) is 6.42. The van der Waals surface area contributed by atoms with E-state index in [1.54, 1.807) is 6.20 Å². The molecular weight excluding hydrogens is 220 g/mol. The summed E-state index contributed by atoms with van der Waals surface area (Å²) in [7, 11) is 0. The van der Waals surface area contributed by atoms with Gasteiger partial charge >= 0.3 is 0 Å². The summed E-state index contributed by atoms with van der Waals surface area (Å²) in [6.07, 6.45) is 7.22. The summed E-state index contributed by atoms with van der Waals surface area (Å²) >= 11 is 0. The molecule has 1 aromatic rings. The van der Waals surface area contributed by atoms with Gasteiger partial charge in [0, 0.05) is 5.54 Å². The first kappa shape index (κ1) is 14.5. The number of rotatable bonds is 5. The zero-order valence-corrected chi connectivity index (χ0v) is 11.6. The minimum absolute atomic E-state index is 0.290. The van der Waals surface area contributed by atoms with Gasteiger partial charge in [-0.25, -0.2) is 0 Å². The van der Waals surface area contributed by atoms with E-state index in [1.165, 1.54) is 16.7 Å². The molecule has 1 unspecified atom stereocenters. The van der Waals surface area contributed by atoms with Crippen LogP contribution in [0.4, 0.5) is 0 Å². The second-order valence-corrected chi connectivity index (χ2v) is 4.95. The van der Waals surface area contributed by atoms with Crippen molar-refractivity contribution >= 4 is 0 Å². The van der Waals surface area contributed by atoms with E-state index in [0.717, 1.165) is 12.8 Å². The van der Waals surface area contributed by atoms with Crippen molar-refractivity contribution in [3.8, 4) is 0 Å². The van der Waals surface area contributed by atoms with Crippen molar-refractivity contribution in [2.45, 2.75) is 39.2 Å². The van der Waals surface area contributed by atoms with Crippen molar-refractivity contribution in [2.24, 2.45) is 11.5 Å². The molecule has 0 saturated carbocycles. The average molecular weight is 244 g/mol. The van der Waals surface area contributed by atoms with Crippen LogP contribution in [-0.4, -0.2) is 5.54 Å². The lowest BCUT2D eigenvalue weighted by molar-refractivity contribution is 0.519. The molecule has 0 fully saturated rings. The Hall–Kier alpha value is -1.54. The van der Waals surface area contributed by atoms with Crippen LogP contribution in [0, 0.1) is 6.92 Å². The standard InChI is InChI=1S/C16H24N2/c1-4-16(3,18)15(10-7-11-17)12-14-9-6-5-8-13(14)2/h5-11H,4,12,17-18H2,1-3H3/b11-7-,15-10-. The Morgan fingerprint density at radius 1 is 1.33 bits per heavy atom. The summed E-state index contributed by atoms with van der Waals surface area (Å²) in [6.45, 7) is 6.31. The van der Waals surface area contributed by atoms with Crippen LogP contribution in [-0.2, 0) is 6.42 Å². The molecule has 2 nitrogen and oxygen atoms in total. The molecule has 0 spiro atoms. The number of hydrogen-bond donors (Lipinski definition) is 2. The normalized spacial score (nSPS) is 15.9. The SMILES string of the molecule is CCC(C)(N)/C(=C\C=C/N)Cc1ccccc1C. The molecule has 1 rings (SSSR count). The molecule has 98 valence electrons. The molecule has 1 aromatic carbocycles. The van der Waals surface area contributed by atoms with Crippen molar-refractivity contribution in [1.82, 2.24) is 0 Å². The molecule has 0 heterocycles. The van der Waals surface area contributed by atoms with Gasteiger partial charge in [0.1, 0.15) is 0 Å². The third kappa shape index (κ3) is 3.74. The average Bonchev–Trinajstić information content (AvgIpc) is 2.36. The molecule has 2 heteroatoms. The molecular formula is C16H24N2. The van der Waals surface area contributed by atoms with Crippen molar-refractivity contribution in [1.29, 1.82) is 0 Å². The van der Waals surface area contributed by atoms with Gasteiger partial charge in [-0.15, -0.1) is 0 Å². The first-order chi connectivity index (χ1) is 8.51. The minimum atomic E-state index is -0.290. The second-order valence-electron chi connectivity index (χ2n) is 4.95. The molecule has 18 heavy (non-hydrogen) atoms. The largest absolute Gasteiger partial charge is 0.405 e. The molecule has 0 radical (unpaired) electrons. The van der Waals surface area contributed by atoms with E-state index in [-0.39, 0.29) is 5.54 Å². The second kappa shape index (κ2) is 6.41. The van der Waals surface area contributed by atoms with Crippen LogP contribution in [0.25, 0.3) is 0 Å². The maximum absolute atomic E-state index is 6.36. The van der Waals surface area contributed by atoms with Gasteiger partial charge in [0.2, 0.25) is 0 Å². The number of benzene rings is 1. The predicted molar refractivity (Wildman–Crippen MR) is 79.2 cm³/mol. The molecule has 0 aromatic heterocycles. The Morgan fingerprint density at radius 2 is 2.00 bits per heavy atom. The number of allylic oxidation sites excluding steroid dienone is 2. The van der Waals surface area contributed by atoms with E-state index in [0.29, 0.717) is 0 Å². The number of aryl methyl sites for hydroxylation is 1. The topological polar surface area (TPSA) is 52.0 Å². The van der Waals surface area contributed by atoms with E-state index in [2.05, 4.69) is 45.0 Å². The van der Waals surface area contributed by atoms with Crippen molar-refractivity contribution in [2.75, 3.05) is 0 Å². The molecule has 0 aliphatic rings. The molecule has 1 atom stereocenters. The van der Waals surface area contributed by atoms with E-state index >= 15 is 0 Å². The smallest absolute Gasteiger partial charge is 0.0343 e. The fraction of sp³-hybridized carbons (Fsp3) is 0.375. The molecule has 0 aliphatic heterocycles. The van der Waals surface area contributed by atoms with Crippen LogP contribution >= 0.6 is 0 Å². The highest BCUT2D eigenvalue weighted by atomic mass is 14.7. The van der Waals surface area contributed by atoms with Gasteiger partial charge in [0.05, 0.1) is 0 Å². The Balaban J connectivity index is 3.04. The fourth-order valence-corrected chi connectivity index (χ4v) is 1.86. The van der Waals surface area contributed by atoms with E-state index in [1.807, 2.05) is 12.2 Å². The maximum atomic E-state index is 6.36. The van der Waals surface area contributed by atoms with Gasteiger partial charge < -0.3 is 11.5 Å². The highest BCUT2D eigenvalue weighted by molar-refractivity contribution is 5.34. The highest BCUT2D eigenvalue weighted by Crippen LogP contribution is 2.23. The van der Waals surface area contributed by atoms with Crippen LogP contribution in [0.5, 0.6) is 0 Å². The van der Waals surface area contributed by atoms with Gasteiger partial charge in [0.15, 0.2) is 0 Å². The van der Waals surface area contributed by atoms with Crippen LogP contribution in [0.2, 0.25) is 0 Å². The van der Waals surface area contributed by atoms with E-state index in [4.69, 9.17) is 11.5 Å². The lowest BCUT2D eigenvalue weighted by Crippen LogP contribution is -2.38. The van der Waals surface area contributed by atoms with E-state index < -0.39 is 0 Å². The first-order valence-electron chi connectivity index (χ1n) is 6.42. The van der Waals surface area contributed by atoms with Gasteiger partial charge in [-0.2, -0.15) is 0 Å². The van der Waals surface area contributed by atoms with Crippen LogP contribution in [0.1, 0.15) is 31.4 Å². The molecule has 0 saturated heterocycles. The summed E-state index contributed by atoms with van der Waals surface area (Å²) < 4.78 is 0. The molecule has 0 bridgehead atoms. The number of hydrogen-bond acceptors (Lipinski definition) is 2. The maximum Gasteiger partial charge on any atom is 0.0343 e. The zero-order chi connectivity index (χ0) is 13.6. The van der Waals surface area contributed by atoms with Crippen LogP contribution in [0.3, 0.4) is 0 Å². The summed E-state index contributed by atoms with van der Waals surface area (Å²) in [5, 5.41) is 0. The summed E-state index contributed by atoms with van der Waals surface area (Å²) in [5.41, 5.74) is 15.3. The Morgan fingerprint density at radius 3 is 2.56 bits per heavy atom. The summed E-state index contributed by atoms with van der Waals surface area (Å²) in [4.78, 5) is 0. The summed E-state index contributed by atoms with van der Waals surface area (Å²) in [6, 6.07) is 8.41. The van der Waals surface area contributed by atoms with Gasteiger partial charge in [0.25, 0.3) is 0 Å². The highest BCUT2D eigenvalue weighted by Gasteiger charge is 2.21. The van der Waals surface area contributed by atoms with Crippen LogP contribution < -0.4 is 11.5 Å². The Labute approximate surface area is 110 Å². The third-order valence-electron chi connectivity index (χ3n) is 3.52. The van der Waals surface area contributed by atoms with Crippen molar-refractivity contribution in [3.05, 3.63) is 59.3 Å². The zero-order valence-electron chi connectivity index (χ0n) is 11.6. The quantitative estimate of drug-likeness (QED) is 0.782. The molecule has 0 aliphatic carbocycles. The monoisotopic (exact) mass is 244 g/mol. The third-order valence-corrected chi connectivity index (χ3v) is 3.52. The Kier molecular flexibility index (Phi) is 5.17. The summed E-state index contributed by atoms with van der Waals surface area (Å²) in [5.74, 6) is 0. The van der Waals surface area contributed by atoms with Gasteiger partial charge in [-0.3, -0.25) is 0 Å². The lowest BCUT2D eigenvalue weighted by Gasteiger charge is -2.27. The van der Waals surface area contributed by atoms with Crippen molar-refractivity contribution < 1.29 is 0 Å². The molecule has 4 N–H and O–H groups in total. The fourth-order valence-electron chi connectivity index (χ4n) is 1.86. The van der Waals surface area contributed by atoms with Crippen molar-refractivity contribution in [3.63, 3.8) is 0 Å².